The molecule has 0 saturated heterocycles. The summed E-state index contributed by atoms with van der Waals surface area (Å²) in [4.78, 5) is 4.50. The second-order valence-corrected chi connectivity index (χ2v) is 6.23. The second-order valence-electron chi connectivity index (χ2n) is 4.24. The Morgan fingerprint density at radius 3 is 2.84 bits per heavy atom. The minimum Gasteiger partial charge on any atom is -0.497 e. The third kappa shape index (κ3) is 3.37. The van der Waals surface area contributed by atoms with Crippen molar-refractivity contribution in [3.05, 3.63) is 18.2 Å². The Hall–Kier alpha value is -1.76. The van der Waals surface area contributed by atoms with Crippen LogP contribution in [0.25, 0.3) is 0 Å². The van der Waals surface area contributed by atoms with Crippen molar-refractivity contribution in [3.63, 3.8) is 0 Å². The quantitative estimate of drug-likeness (QED) is 0.823. The Labute approximate surface area is 112 Å². The molecule has 0 amide bonds. The fourth-order valence-electron chi connectivity index (χ4n) is 1.84. The van der Waals surface area contributed by atoms with Crippen molar-refractivity contribution in [2.75, 3.05) is 38.3 Å². The Bertz CT molecular complexity index is 596. The van der Waals surface area contributed by atoms with Crippen LogP contribution < -0.4 is 15.4 Å². The predicted molar refractivity (Wildman–Crippen MR) is 74.9 cm³/mol. The van der Waals surface area contributed by atoms with Crippen LogP contribution in [0.4, 0.5) is 5.69 Å². The van der Waals surface area contributed by atoms with Gasteiger partial charge in [-0.25, -0.2) is 8.42 Å². The van der Waals surface area contributed by atoms with Crippen LogP contribution in [0.1, 0.15) is 0 Å². The van der Waals surface area contributed by atoms with E-state index in [2.05, 4.69) is 15.6 Å². The molecule has 0 aromatic heterocycles. The van der Waals surface area contributed by atoms with Crippen LogP contribution >= 0.6 is 0 Å². The molecule has 0 bridgehead atoms. The highest BCUT2D eigenvalue weighted by Gasteiger charge is 2.15. The molecule has 1 aliphatic heterocycles. The minimum atomic E-state index is -3.28. The summed E-state index contributed by atoms with van der Waals surface area (Å²) in [6.07, 6.45) is 1.19. The monoisotopic (exact) mass is 283 g/mol. The van der Waals surface area contributed by atoms with Crippen LogP contribution in [0.5, 0.6) is 5.75 Å². The van der Waals surface area contributed by atoms with Gasteiger partial charge in [-0.1, -0.05) is 0 Å². The van der Waals surface area contributed by atoms with Crippen molar-refractivity contribution in [2.24, 2.45) is 4.99 Å². The van der Waals surface area contributed by atoms with E-state index in [1.54, 1.807) is 25.3 Å². The molecule has 0 saturated carbocycles. The Balaban J connectivity index is 2.25. The van der Waals surface area contributed by atoms with Crippen LogP contribution in [-0.2, 0) is 9.84 Å². The smallest absolute Gasteiger partial charge is 0.177 e. The number of nitrogens with one attached hydrogen (secondary N) is 2. The van der Waals surface area contributed by atoms with Gasteiger partial charge in [0, 0.05) is 18.9 Å². The second kappa shape index (κ2) is 5.48. The number of ether oxygens (including phenoxy) is 1. The molecular weight excluding hydrogens is 266 g/mol. The molecule has 1 heterocycles. The summed E-state index contributed by atoms with van der Waals surface area (Å²) in [7, 11) is -1.74. The highest BCUT2D eigenvalue weighted by atomic mass is 32.2. The summed E-state index contributed by atoms with van der Waals surface area (Å²) in [5.41, 5.74) is 0.526. The van der Waals surface area contributed by atoms with Crippen molar-refractivity contribution >= 4 is 21.4 Å². The SMILES string of the molecule is COc1ccc(S(C)(=O)=O)c(NCC2=NCCN2)c1. The third-order valence-corrected chi connectivity index (χ3v) is 3.93. The summed E-state index contributed by atoms with van der Waals surface area (Å²) in [6, 6.07) is 4.85. The number of hydrogen-bond donors (Lipinski definition) is 2. The number of benzene rings is 1. The van der Waals surface area contributed by atoms with Gasteiger partial charge in [-0.3, -0.25) is 4.99 Å². The molecule has 6 nitrogen and oxygen atoms in total. The van der Waals surface area contributed by atoms with Gasteiger partial charge in [-0.05, 0) is 12.1 Å². The van der Waals surface area contributed by atoms with E-state index in [-0.39, 0.29) is 4.90 Å². The number of sulfone groups is 1. The number of methoxy groups -OCH3 is 1. The summed E-state index contributed by atoms with van der Waals surface area (Å²) in [6.45, 7) is 2.05. The van der Waals surface area contributed by atoms with E-state index in [4.69, 9.17) is 4.74 Å². The molecule has 0 fully saturated rings. The molecular formula is C12H17N3O3S. The van der Waals surface area contributed by atoms with Gasteiger partial charge in [0.15, 0.2) is 9.84 Å². The molecule has 0 radical (unpaired) electrons. The standard InChI is InChI=1S/C12H17N3O3S/c1-18-9-3-4-11(19(2,16)17)10(7-9)15-8-12-13-5-6-14-12/h3-4,7,15H,5-6,8H2,1-2H3,(H,13,14). The first-order chi connectivity index (χ1) is 9.00. The summed E-state index contributed by atoms with van der Waals surface area (Å²) >= 11 is 0. The van der Waals surface area contributed by atoms with E-state index < -0.39 is 9.84 Å². The molecule has 1 aromatic carbocycles. The predicted octanol–water partition coefficient (Wildman–Crippen LogP) is 0.512. The van der Waals surface area contributed by atoms with Gasteiger partial charge in [0.05, 0.1) is 30.8 Å². The third-order valence-electron chi connectivity index (χ3n) is 2.78. The first-order valence-electron chi connectivity index (χ1n) is 5.90. The van der Waals surface area contributed by atoms with Crippen molar-refractivity contribution < 1.29 is 13.2 Å². The van der Waals surface area contributed by atoms with E-state index in [9.17, 15) is 8.42 Å². The molecule has 19 heavy (non-hydrogen) atoms. The topological polar surface area (TPSA) is 79.8 Å². The number of rotatable bonds is 5. The minimum absolute atomic E-state index is 0.256. The van der Waals surface area contributed by atoms with Gasteiger partial charge in [0.25, 0.3) is 0 Å². The van der Waals surface area contributed by atoms with Crippen molar-refractivity contribution in [3.8, 4) is 5.75 Å². The van der Waals surface area contributed by atoms with Crippen LogP contribution in [0.2, 0.25) is 0 Å². The molecule has 104 valence electrons. The maximum Gasteiger partial charge on any atom is 0.177 e. The maximum atomic E-state index is 11.7. The average Bonchev–Trinajstić information content (AvgIpc) is 2.88. The Morgan fingerprint density at radius 1 is 1.47 bits per heavy atom. The van der Waals surface area contributed by atoms with E-state index in [1.165, 1.54) is 6.26 Å². The fourth-order valence-corrected chi connectivity index (χ4v) is 2.69. The molecule has 1 aliphatic rings. The van der Waals surface area contributed by atoms with Gasteiger partial charge >= 0.3 is 0 Å². The highest BCUT2D eigenvalue weighted by molar-refractivity contribution is 7.90. The number of nitrogens with zero attached hydrogens (tertiary/aromatic N) is 1. The molecule has 0 unspecified atom stereocenters. The zero-order chi connectivity index (χ0) is 13.9. The van der Waals surface area contributed by atoms with E-state index >= 15 is 0 Å². The maximum absolute atomic E-state index is 11.7. The van der Waals surface area contributed by atoms with Gasteiger partial charge in [0.1, 0.15) is 11.6 Å². The fraction of sp³-hybridized carbons (Fsp3) is 0.417. The number of aliphatic imine (C=N–C) groups is 1. The molecule has 2 rings (SSSR count). The molecule has 0 atom stereocenters. The van der Waals surface area contributed by atoms with E-state index in [0.29, 0.717) is 18.0 Å². The zero-order valence-electron chi connectivity index (χ0n) is 10.9. The lowest BCUT2D eigenvalue weighted by atomic mass is 10.3. The van der Waals surface area contributed by atoms with Crippen molar-refractivity contribution in [2.45, 2.75) is 4.90 Å². The largest absolute Gasteiger partial charge is 0.497 e. The number of hydrogen-bond acceptors (Lipinski definition) is 6. The van der Waals surface area contributed by atoms with Crippen LogP contribution in [0.3, 0.4) is 0 Å². The average molecular weight is 283 g/mol. The zero-order valence-corrected chi connectivity index (χ0v) is 11.8. The first kappa shape index (κ1) is 13.7. The van der Waals surface area contributed by atoms with Crippen molar-refractivity contribution in [1.82, 2.24) is 5.32 Å². The summed E-state index contributed by atoms with van der Waals surface area (Å²) in [5, 5.41) is 6.20. The summed E-state index contributed by atoms with van der Waals surface area (Å²) < 4.78 is 28.6. The Morgan fingerprint density at radius 2 is 2.26 bits per heavy atom. The lowest BCUT2D eigenvalue weighted by molar-refractivity contribution is 0.414. The Kier molecular flexibility index (Phi) is 3.94. The van der Waals surface area contributed by atoms with E-state index in [0.717, 1.165) is 18.9 Å². The number of anilines is 1. The van der Waals surface area contributed by atoms with Gasteiger partial charge < -0.3 is 15.4 Å². The molecule has 2 N–H and O–H groups in total. The lowest BCUT2D eigenvalue weighted by Gasteiger charge is -2.12. The van der Waals surface area contributed by atoms with Crippen LogP contribution in [0, 0.1) is 0 Å². The molecule has 7 heteroatoms. The van der Waals surface area contributed by atoms with Gasteiger partial charge in [0.2, 0.25) is 0 Å². The van der Waals surface area contributed by atoms with Crippen molar-refractivity contribution in [1.29, 1.82) is 0 Å². The van der Waals surface area contributed by atoms with Gasteiger partial charge in [-0.15, -0.1) is 0 Å². The van der Waals surface area contributed by atoms with Crippen LogP contribution in [-0.4, -0.2) is 47.3 Å². The normalized spacial score (nSPS) is 14.7. The van der Waals surface area contributed by atoms with Gasteiger partial charge in [-0.2, -0.15) is 0 Å². The lowest BCUT2D eigenvalue weighted by Crippen LogP contribution is -2.26. The molecule has 0 spiro atoms. The summed E-state index contributed by atoms with van der Waals surface area (Å²) in [5.74, 6) is 1.44. The molecule has 1 aromatic rings. The van der Waals surface area contributed by atoms with E-state index in [1.807, 2.05) is 0 Å². The molecule has 0 aliphatic carbocycles. The first-order valence-corrected chi connectivity index (χ1v) is 7.79. The highest BCUT2D eigenvalue weighted by Crippen LogP contribution is 2.26. The van der Waals surface area contributed by atoms with Crippen LogP contribution in [0.15, 0.2) is 28.1 Å². The number of amidine groups is 1.